The first kappa shape index (κ1) is 33.2. The molecule has 0 saturated carbocycles. The van der Waals surface area contributed by atoms with Crippen molar-refractivity contribution in [1.29, 1.82) is 0 Å². The molecule has 0 fully saturated rings. The van der Waals surface area contributed by atoms with Gasteiger partial charge in [-0.05, 0) is 54.8 Å². The van der Waals surface area contributed by atoms with Crippen molar-refractivity contribution in [2.24, 2.45) is 18.4 Å². The van der Waals surface area contributed by atoms with Gasteiger partial charge in [0.05, 0.1) is 22.4 Å². The van der Waals surface area contributed by atoms with Crippen LogP contribution < -0.4 is 0 Å². The van der Waals surface area contributed by atoms with Crippen molar-refractivity contribution in [2.45, 2.75) is 68.6 Å². The minimum absolute atomic E-state index is 0.194. The summed E-state index contributed by atoms with van der Waals surface area (Å²) < 4.78 is 30.9. The summed E-state index contributed by atoms with van der Waals surface area (Å²) in [7, 11) is 1.83. The highest BCUT2D eigenvalue weighted by Gasteiger charge is 2.29. The van der Waals surface area contributed by atoms with E-state index in [1.807, 2.05) is 49.6 Å². The van der Waals surface area contributed by atoms with E-state index in [0.717, 1.165) is 39.9 Å². The van der Waals surface area contributed by atoms with Gasteiger partial charge in [0.25, 0.3) is 0 Å². The molecular formula is C35H39FN6O3S2. The van der Waals surface area contributed by atoms with Crippen LogP contribution in [0.2, 0.25) is 0 Å². The molecule has 1 aliphatic heterocycles. The molecule has 4 bridgehead atoms. The third-order valence-electron chi connectivity index (χ3n) is 8.74. The lowest BCUT2D eigenvalue weighted by atomic mass is 9.86. The van der Waals surface area contributed by atoms with Crippen LogP contribution in [-0.4, -0.2) is 56.9 Å². The Morgan fingerprint density at radius 3 is 2.89 bits per heavy atom. The average Bonchev–Trinajstić information content (AvgIpc) is 3.65. The molecule has 0 saturated heterocycles. The minimum Gasteiger partial charge on any atom is -0.616 e. The normalized spacial score (nSPS) is 19.4. The highest BCUT2D eigenvalue weighted by molar-refractivity contribution is 7.99. The summed E-state index contributed by atoms with van der Waals surface area (Å²) in [5, 5.41) is 15.2. The number of aliphatic carboxylic acids is 1. The molecule has 47 heavy (non-hydrogen) atoms. The molecule has 2 unspecified atom stereocenters. The average molecular weight is 675 g/mol. The zero-order valence-electron chi connectivity index (χ0n) is 27.0. The lowest BCUT2D eigenvalue weighted by molar-refractivity contribution is -0.141. The van der Waals surface area contributed by atoms with Gasteiger partial charge in [0.1, 0.15) is 23.0 Å². The Morgan fingerprint density at radius 2 is 2.09 bits per heavy atom. The molecule has 3 atom stereocenters. The first-order valence-corrected chi connectivity index (χ1v) is 18.1. The highest BCUT2D eigenvalue weighted by Crippen LogP contribution is 2.39. The second-order valence-corrected chi connectivity index (χ2v) is 15.8. The Bertz CT molecular complexity index is 1910. The third-order valence-corrected chi connectivity index (χ3v) is 11.6. The van der Waals surface area contributed by atoms with Crippen molar-refractivity contribution in [3.8, 4) is 11.5 Å². The molecule has 0 amide bonds. The summed E-state index contributed by atoms with van der Waals surface area (Å²) in [5.41, 5.74) is 3.49. The standard InChI is InChI=1S/C35H39FN6O3S2/c1-21(34(43)44)17-22-7-5-9-28(39-22)26-8-6-13-35(2,3)20-47(45)16-12-25-24-11-15-37-29(24)19-27(36)31(25)46-23-10-14-38-30(18-23)33-40-32(26)41-42(33)4/h5,7,9-11,14-15,18-19,21,26,37H,6,8,12-13,16-17,20H2,1-4H3,(H,43,44)/t21-,26?,47?/m0/s1. The fourth-order valence-corrected chi connectivity index (χ4v) is 8.89. The molecular weight excluding hydrogens is 636 g/mol. The van der Waals surface area contributed by atoms with E-state index < -0.39 is 23.1 Å². The minimum atomic E-state index is -1.11. The number of benzene rings is 1. The maximum absolute atomic E-state index is 15.7. The monoisotopic (exact) mass is 674 g/mol. The van der Waals surface area contributed by atoms with Crippen LogP contribution in [0.5, 0.6) is 0 Å². The number of aryl methyl sites for hydroxylation is 2. The summed E-state index contributed by atoms with van der Waals surface area (Å²) in [6, 6.07) is 12.9. The first-order chi connectivity index (χ1) is 22.5. The largest absolute Gasteiger partial charge is 0.616 e. The van der Waals surface area contributed by atoms with Gasteiger partial charge >= 0.3 is 5.97 Å². The molecule has 5 heterocycles. The molecule has 5 aromatic rings. The van der Waals surface area contributed by atoms with Gasteiger partial charge in [-0.1, -0.05) is 56.2 Å². The van der Waals surface area contributed by atoms with Gasteiger partial charge in [-0.15, -0.1) is 0 Å². The zero-order valence-corrected chi connectivity index (χ0v) is 28.6. The van der Waals surface area contributed by atoms with E-state index in [1.54, 1.807) is 17.8 Å². The van der Waals surface area contributed by atoms with Crippen molar-refractivity contribution < 1.29 is 18.8 Å². The molecule has 12 heteroatoms. The van der Waals surface area contributed by atoms with E-state index >= 15 is 4.39 Å². The Hall–Kier alpha value is -3.74. The maximum atomic E-state index is 15.7. The number of pyridine rings is 2. The fraction of sp³-hybridized carbons (Fsp3) is 0.400. The van der Waals surface area contributed by atoms with Crippen LogP contribution in [0.4, 0.5) is 4.39 Å². The molecule has 2 N–H and O–H groups in total. The van der Waals surface area contributed by atoms with Crippen LogP contribution in [0.25, 0.3) is 22.4 Å². The lowest BCUT2D eigenvalue weighted by Gasteiger charge is -2.27. The summed E-state index contributed by atoms with van der Waals surface area (Å²) in [6.45, 7) is 5.97. The van der Waals surface area contributed by atoms with Gasteiger partial charge in [0.2, 0.25) is 0 Å². The summed E-state index contributed by atoms with van der Waals surface area (Å²) in [4.78, 5) is 30.5. The predicted octanol–water partition coefficient (Wildman–Crippen LogP) is 6.94. The third kappa shape index (κ3) is 7.55. The second kappa shape index (κ2) is 13.8. The Balaban J connectivity index is 1.42. The number of aromatic nitrogens is 6. The zero-order chi connectivity index (χ0) is 33.3. The van der Waals surface area contributed by atoms with E-state index in [2.05, 4.69) is 23.8 Å². The summed E-state index contributed by atoms with van der Waals surface area (Å²) >= 11 is 0.225. The number of H-pyrrole nitrogens is 1. The maximum Gasteiger partial charge on any atom is 0.306 e. The highest BCUT2D eigenvalue weighted by atomic mass is 32.2. The molecule has 0 radical (unpaired) electrons. The lowest BCUT2D eigenvalue weighted by Crippen LogP contribution is -2.27. The van der Waals surface area contributed by atoms with Gasteiger partial charge in [0.15, 0.2) is 11.6 Å². The van der Waals surface area contributed by atoms with Crippen molar-refractivity contribution >= 4 is 39.8 Å². The SMILES string of the molecule is C[C@@H](Cc1cccc(C2CCCC(C)(C)C[S+]([O-])CCc3c(c(F)cc4[nH]ccc34)Sc3ccnc(c3)-c3nc2nn3C)n1)C(=O)O. The molecule has 0 spiro atoms. The number of rotatable bonds is 4. The Labute approximate surface area is 281 Å². The second-order valence-electron chi connectivity index (χ2n) is 13.1. The van der Waals surface area contributed by atoms with Crippen LogP contribution >= 0.6 is 11.8 Å². The number of carboxylic acid groups (broad SMARTS) is 1. The molecule has 4 aromatic heterocycles. The summed E-state index contributed by atoms with van der Waals surface area (Å²) in [6.07, 6.45) is 6.69. The van der Waals surface area contributed by atoms with Gasteiger partial charge in [0, 0.05) is 59.2 Å². The number of carboxylic acids is 1. The van der Waals surface area contributed by atoms with Crippen LogP contribution in [0.1, 0.15) is 68.7 Å². The van der Waals surface area contributed by atoms with Crippen LogP contribution in [0.15, 0.2) is 64.6 Å². The number of nitrogens with zero attached hydrogens (tertiary/aromatic N) is 5. The van der Waals surface area contributed by atoms with Crippen LogP contribution in [0, 0.1) is 17.2 Å². The van der Waals surface area contributed by atoms with Crippen molar-refractivity contribution in [1.82, 2.24) is 29.7 Å². The van der Waals surface area contributed by atoms with E-state index in [-0.39, 0.29) is 17.2 Å². The number of fused-ring (bicyclic) bond motifs is 8. The van der Waals surface area contributed by atoms with E-state index in [0.29, 0.717) is 58.7 Å². The van der Waals surface area contributed by atoms with Crippen LogP contribution in [0.3, 0.4) is 0 Å². The first-order valence-electron chi connectivity index (χ1n) is 15.8. The molecule has 0 aliphatic carbocycles. The smallest absolute Gasteiger partial charge is 0.306 e. The number of hydrogen-bond acceptors (Lipinski definition) is 7. The molecule has 6 rings (SSSR count). The van der Waals surface area contributed by atoms with E-state index in [1.165, 1.54) is 17.8 Å². The molecule has 9 nitrogen and oxygen atoms in total. The number of halogens is 1. The van der Waals surface area contributed by atoms with E-state index in [4.69, 9.17) is 15.1 Å². The van der Waals surface area contributed by atoms with Crippen molar-refractivity contribution in [3.05, 3.63) is 83.5 Å². The number of carbonyl (C=O) groups is 1. The molecule has 246 valence electrons. The summed E-state index contributed by atoms with van der Waals surface area (Å²) in [5.74, 6) is 0.179. The number of nitrogens with one attached hydrogen (secondary N) is 1. The van der Waals surface area contributed by atoms with E-state index in [9.17, 15) is 14.5 Å². The molecule has 1 aliphatic rings. The number of hydrogen-bond donors (Lipinski definition) is 2. The van der Waals surface area contributed by atoms with Crippen molar-refractivity contribution in [3.63, 3.8) is 0 Å². The Morgan fingerprint density at radius 1 is 1.26 bits per heavy atom. The van der Waals surface area contributed by atoms with Gasteiger partial charge in [-0.3, -0.25) is 14.8 Å². The number of aromatic amines is 1. The fourth-order valence-electron chi connectivity index (χ4n) is 6.27. The quantitative estimate of drug-likeness (QED) is 0.196. The Kier molecular flexibility index (Phi) is 9.72. The predicted molar refractivity (Wildman–Crippen MR) is 182 cm³/mol. The van der Waals surface area contributed by atoms with Gasteiger partial charge in [-0.25, -0.2) is 14.1 Å². The van der Waals surface area contributed by atoms with Gasteiger partial charge < -0.3 is 14.6 Å². The van der Waals surface area contributed by atoms with Gasteiger partial charge in [-0.2, -0.15) is 5.10 Å². The molecule has 1 aromatic carbocycles. The van der Waals surface area contributed by atoms with Crippen molar-refractivity contribution in [2.75, 3.05) is 11.5 Å². The topological polar surface area (TPSA) is 133 Å². The van der Waals surface area contributed by atoms with Crippen LogP contribution in [-0.2, 0) is 35.9 Å².